The van der Waals surface area contributed by atoms with Crippen LogP contribution < -0.4 is 15.6 Å². The van der Waals surface area contributed by atoms with Gasteiger partial charge in [0, 0.05) is 53.5 Å². The van der Waals surface area contributed by atoms with Crippen molar-refractivity contribution < 1.29 is 9.53 Å². The minimum absolute atomic E-state index is 0.114. The van der Waals surface area contributed by atoms with Gasteiger partial charge in [0.1, 0.15) is 5.75 Å². The van der Waals surface area contributed by atoms with Crippen LogP contribution >= 0.6 is 0 Å². The van der Waals surface area contributed by atoms with E-state index in [0.717, 1.165) is 33.3 Å². The molecular weight excluding hydrogens is 426 g/mol. The summed E-state index contributed by atoms with van der Waals surface area (Å²) in [5.74, 6) is 0.362. The first kappa shape index (κ1) is 23.2. The standard InChI is InChI=1S/C28H29N3O3/c1-17(2)31-16-18(3)26-23(13-22(34-5)14-25(26)31)27(32)29-15-24-21(11-19(4)30-28(24)33)12-20-9-7-6-8-10-20/h6-7,9,11,13-14,16-17H,12,15H2,1-5H3,(H,29,32)(H,30,33). The fourth-order valence-electron chi connectivity index (χ4n) is 4.38. The Bertz CT molecular complexity index is 1400. The van der Waals surface area contributed by atoms with E-state index < -0.39 is 0 Å². The molecule has 0 fully saturated rings. The quantitative estimate of drug-likeness (QED) is 0.426. The molecule has 0 bridgehead atoms. The SMILES string of the molecule is COc1cc(C(=O)NCc2c(Cc3c#cccc3)cc(C)[nH]c2=O)c2c(C)cn(C(C)C)c2c1. The maximum absolute atomic E-state index is 13.4. The number of carbonyl (C=O) groups is 1. The Morgan fingerprint density at radius 2 is 2.03 bits per heavy atom. The average Bonchev–Trinajstić information content (AvgIpc) is 3.15. The van der Waals surface area contributed by atoms with Crippen LogP contribution in [0, 0.1) is 26.0 Å². The lowest BCUT2D eigenvalue weighted by molar-refractivity contribution is 0.0952. The number of fused-ring (bicyclic) bond motifs is 1. The van der Waals surface area contributed by atoms with Gasteiger partial charge in [-0.25, -0.2) is 0 Å². The number of benzene rings is 1. The van der Waals surface area contributed by atoms with Crippen molar-refractivity contribution in [1.82, 2.24) is 14.9 Å². The minimum atomic E-state index is -0.251. The highest BCUT2D eigenvalue weighted by Gasteiger charge is 2.19. The van der Waals surface area contributed by atoms with Crippen molar-refractivity contribution in [3.63, 3.8) is 0 Å². The minimum Gasteiger partial charge on any atom is -0.497 e. The van der Waals surface area contributed by atoms with Crippen molar-refractivity contribution in [1.29, 1.82) is 0 Å². The number of aryl methyl sites for hydroxylation is 2. The van der Waals surface area contributed by atoms with E-state index >= 15 is 0 Å². The van der Waals surface area contributed by atoms with E-state index in [1.807, 2.05) is 38.1 Å². The van der Waals surface area contributed by atoms with Gasteiger partial charge in [0.15, 0.2) is 0 Å². The van der Waals surface area contributed by atoms with Gasteiger partial charge in [-0.1, -0.05) is 18.2 Å². The number of methoxy groups -OCH3 is 1. The van der Waals surface area contributed by atoms with Crippen LogP contribution in [0.3, 0.4) is 0 Å². The first-order valence-electron chi connectivity index (χ1n) is 11.3. The second-order valence-corrected chi connectivity index (χ2v) is 8.85. The van der Waals surface area contributed by atoms with E-state index in [2.05, 4.69) is 47.0 Å². The van der Waals surface area contributed by atoms with Crippen molar-refractivity contribution in [2.24, 2.45) is 0 Å². The number of H-pyrrole nitrogens is 1. The van der Waals surface area contributed by atoms with Crippen molar-refractivity contribution in [3.8, 4) is 5.75 Å². The molecular formula is C28H29N3O3. The number of hydrogen-bond acceptors (Lipinski definition) is 3. The first-order chi connectivity index (χ1) is 16.3. The maximum Gasteiger partial charge on any atom is 0.253 e. The predicted octanol–water partition coefficient (Wildman–Crippen LogP) is 4.66. The van der Waals surface area contributed by atoms with Gasteiger partial charge in [0.05, 0.1) is 18.2 Å². The molecule has 0 aliphatic carbocycles. The number of rotatable bonds is 7. The van der Waals surface area contributed by atoms with E-state index in [1.165, 1.54) is 0 Å². The number of nitrogens with zero attached hydrogens (tertiary/aromatic N) is 1. The molecule has 4 rings (SSSR count). The summed E-state index contributed by atoms with van der Waals surface area (Å²) in [6.07, 6.45) is 2.59. The van der Waals surface area contributed by atoms with Crippen molar-refractivity contribution in [2.75, 3.05) is 7.11 Å². The first-order valence-corrected chi connectivity index (χ1v) is 11.3. The van der Waals surface area contributed by atoms with E-state index in [0.29, 0.717) is 23.3 Å². The van der Waals surface area contributed by atoms with Gasteiger partial charge in [-0.2, -0.15) is 0 Å². The summed E-state index contributed by atoms with van der Waals surface area (Å²) in [6.45, 7) is 8.17. The highest BCUT2D eigenvalue weighted by atomic mass is 16.5. The Balaban J connectivity index is 1.68. The highest BCUT2D eigenvalue weighted by molar-refractivity contribution is 6.08. The van der Waals surface area contributed by atoms with Gasteiger partial charge in [0.2, 0.25) is 0 Å². The van der Waals surface area contributed by atoms with Gasteiger partial charge >= 0.3 is 0 Å². The van der Waals surface area contributed by atoms with Crippen LogP contribution in [0.4, 0.5) is 0 Å². The van der Waals surface area contributed by atoms with Gasteiger partial charge in [-0.3, -0.25) is 9.59 Å². The molecule has 4 aromatic rings. The van der Waals surface area contributed by atoms with Crippen LogP contribution in [0.25, 0.3) is 10.9 Å². The Labute approximate surface area is 199 Å². The average molecular weight is 456 g/mol. The molecule has 0 radical (unpaired) electrons. The summed E-state index contributed by atoms with van der Waals surface area (Å²) < 4.78 is 7.62. The van der Waals surface area contributed by atoms with Crippen LogP contribution in [0.1, 0.15) is 58.2 Å². The van der Waals surface area contributed by atoms with Gasteiger partial charge in [-0.15, -0.1) is 0 Å². The molecule has 0 atom stereocenters. The zero-order valence-electron chi connectivity index (χ0n) is 20.2. The van der Waals surface area contributed by atoms with Crippen molar-refractivity contribution in [3.05, 3.63) is 98.6 Å². The second kappa shape index (κ2) is 9.48. The Morgan fingerprint density at radius 1 is 1.24 bits per heavy atom. The molecule has 0 unspecified atom stereocenters. The molecule has 2 aromatic carbocycles. The fraction of sp³-hybridized carbons (Fsp3) is 0.286. The molecule has 0 spiro atoms. The molecule has 174 valence electrons. The Kier molecular flexibility index (Phi) is 6.47. The van der Waals surface area contributed by atoms with Crippen LogP contribution in [-0.2, 0) is 13.0 Å². The van der Waals surface area contributed by atoms with E-state index in [9.17, 15) is 9.59 Å². The number of aromatic amines is 1. The number of aromatic nitrogens is 2. The third kappa shape index (κ3) is 4.55. The van der Waals surface area contributed by atoms with Crippen molar-refractivity contribution >= 4 is 16.8 Å². The molecule has 1 amide bonds. The molecule has 6 nitrogen and oxygen atoms in total. The molecule has 2 N–H and O–H groups in total. The van der Waals surface area contributed by atoms with Gasteiger partial charge in [-0.05, 0) is 63.1 Å². The fourth-order valence-corrected chi connectivity index (χ4v) is 4.38. The lowest BCUT2D eigenvalue weighted by Crippen LogP contribution is -2.28. The smallest absolute Gasteiger partial charge is 0.253 e. The number of amides is 1. The van der Waals surface area contributed by atoms with E-state index in [1.54, 1.807) is 19.2 Å². The summed E-state index contributed by atoms with van der Waals surface area (Å²) in [5, 5.41) is 3.86. The Hall–Kier alpha value is -3.98. The highest BCUT2D eigenvalue weighted by Crippen LogP contribution is 2.31. The number of pyridine rings is 1. The van der Waals surface area contributed by atoms with Crippen LogP contribution in [0.15, 0.2) is 47.4 Å². The number of nitrogens with one attached hydrogen (secondary N) is 2. The molecule has 2 heterocycles. The normalized spacial score (nSPS) is 11.0. The summed E-state index contributed by atoms with van der Waals surface area (Å²) >= 11 is 0. The third-order valence-electron chi connectivity index (χ3n) is 6.01. The third-order valence-corrected chi connectivity index (χ3v) is 6.01. The monoisotopic (exact) mass is 455 g/mol. The zero-order chi connectivity index (χ0) is 24.4. The molecule has 0 aliphatic rings. The lowest BCUT2D eigenvalue weighted by atomic mass is 10.0. The Morgan fingerprint density at radius 3 is 2.71 bits per heavy atom. The molecule has 34 heavy (non-hydrogen) atoms. The summed E-state index contributed by atoms with van der Waals surface area (Å²) in [5.41, 5.74) is 5.39. The second-order valence-electron chi connectivity index (χ2n) is 8.85. The predicted molar refractivity (Wildman–Crippen MR) is 134 cm³/mol. The van der Waals surface area contributed by atoms with Crippen LogP contribution in [0.5, 0.6) is 5.75 Å². The van der Waals surface area contributed by atoms with Crippen LogP contribution in [-0.4, -0.2) is 22.6 Å². The summed E-state index contributed by atoms with van der Waals surface area (Å²) in [4.78, 5) is 29.0. The van der Waals surface area contributed by atoms with E-state index in [4.69, 9.17) is 4.74 Å². The van der Waals surface area contributed by atoms with Gasteiger partial charge in [0.25, 0.3) is 11.5 Å². The largest absolute Gasteiger partial charge is 0.497 e. The van der Waals surface area contributed by atoms with Gasteiger partial charge < -0.3 is 19.6 Å². The number of hydrogen-bond donors (Lipinski definition) is 2. The molecule has 2 aromatic heterocycles. The molecule has 0 aliphatic heterocycles. The molecule has 0 saturated heterocycles. The molecule has 6 heteroatoms. The summed E-state index contributed by atoms with van der Waals surface area (Å²) in [6, 6.07) is 17.6. The number of ether oxygens (including phenoxy) is 1. The topological polar surface area (TPSA) is 76.1 Å². The summed E-state index contributed by atoms with van der Waals surface area (Å²) in [7, 11) is 1.59. The zero-order valence-corrected chi connectivity index (χ0v) is 20.2. The maximum atomic E-state index is 13.4. The number of carbonyl (C=O) groups excluding carboxylic acids is 1. The van der Waals surface area contributed by atoms with Crippen LogP contribution in [0.2, 0.25) is 0 Å². The molecule has 0 saturated carbocycles. The lowest BCUT2D eigenvalue weighted by Gasteiger charge is -2.14. The van der Waals surface area contributed by atoms with E-state index in [-0.39, 0.29) is 24.1 Å². The van der Waals surface area contributed by atoms with Crippen molar-refractivity contribution in [2.45, 2.75) is 46.7 Å².